The van der Waals surface area contributed by atoms with Crippen molar-refractivity contribution in [2.75, 3.05) is 11.1 Å². The standard InChI is InChI=1S/C15H11ClFN5O2/c1-7-13(22-24-21-7)15(23)20-12-5-3-9(14(18)19-12)10-6-8(17)2-4-11(10)16/h2-6H,1H3,(H3,18,19,20,23). The molecule has 0 spiro atoms. The Morgan fingerprint density at radius 3 is 2.71 bits per heavy atom. The third-order valence-corrected chi connectivity index (χ3v) is 3.58. The first-order chi connectivity index (χ1) is 11.5. The summed E-state index contributed by atoms with van der Waals surface area (Å²) in [5.74, 6) is -0.677. The first-order valence-electron chi connectivity index (χ1n) is 6.78. The molecule has 0 aliphatic heterocycles. The second-order valence-electron chi connectivity index (χ2n) is 4.91. The van der Waals surface area contributed by atoms with Crippen LogP contribution in [-0.4, -0.2) is 21.2 Å². The van der Waals surface area contributed by atoms with Gasteiger partial charge in [0, 0.05) is 16.1 Å². The molecule has 2 heterocycles. The van der Waals surface area contributed by atoms with Crippen LogP contribution >= 0.6 is 11.6 Å². The lowest BCUT2D eigenvalue weighted by molar-refractivity contribution is 0.101. The molecule has 9 heteroatoms. The van der Waals surface area contributed by atoms with Gasteiger partial charge in [0.15, 0.2) is 5.69 Å². The number of hydrogen-bond acceptors (Lipinski definition) is 6. The maximum Gasteiger partial charge on any atom is 0.281 e. The minimum Gasteiger partial charge on any atom is -0.383 e. The Morgan fingerprint density at radius 1 is 1.25 bits per heavy atom. The first-order valence-corrected chi connectivity index (χ1v) is 7.16. The summed E-state index contributed by atoms with van der Waals surface area (Å²) in [6.45, 7) is 1.59. The molecule has 0 saturated carbocycles. The van der Waals surface area contributed by atoms with Crippen LogP contribution < -0.4 is 11.1 Å². The zero-order valence-electron chi connectivity index (χ0n) is 12.4. The lowest BCUT2D eigenvalue weighted by atomic mass is 10.1. The Hall–Kier alpha value is -3.00. The van der Waals surface area contributed by atoms with E-state index in [2.05, 4.69) is 25.2 Å². The first kappa shape index (κ1) is 15.9. The normalized spacial score (nSPS) is 10.6. The van der Waals surface area contributed by atoms with Crippen LogP contribution in [0.15, 0.2) is 35.0 Å². The van der Waals surface area contributed by atoms with Crippen LogP contribution in [0.4, 0.5) is 16.0 Å². The number of nitrogens with zero attached hydrogens (tertiary/aromatic N) is 3. The molecule has 24 heavy (non-hydrogen) atoms. The van der Waals surface area contributed by atoms with Crippen molar-refractivity contribution in [1.82, 2.24) is 15.3 Å². The van der Waals surface area contributed by atoms with Crippen molar-refractivity contribution in [1.29, 1.82) is 0 Å². The van der Waals surface area contributed by atoms with Gasteiger partial charge in [-0.15, -0.1) is 0 Å². The van der Waals surface area contributed by atoms with E-state index in [9.17, 15) is 9.18 Å². The van der Waals surface area contributed by atoms with E-state index in [1.807, 2.05) is 0 Å². The number of aromatic nitrogens is 3. The van der Waals surface area contributed by atoms with Gasteiger partial charge in [-0.25, -0.2) is 14.0 Å². The van der Waals surface area contributed by atoms with E-state index in [0.717, 1.165) is 0 Å². The number of nitrogens with two attached hydrogens (primary N) is 1. The number of aryl methyl sites for hydroxylation is 1. The highest BCUT2D eigenvalue weighted by atomic mass is 35.5. The highest BCUT2D eigenvalue weighted by Crippen LogP contribution is 2.32. The number of amides is 1. The van der Waals surface area contributed by atoms with Crippen molar-refractivity contribution in [3.05, 3.63) is 52.6 Å². The molecule has 3 N–H and O–H groups in total. The Balaban J connectivity index is 1.89. The van der Waals surface area contributed by atoms with Crippen molar-refractivity contribution in [3.63, 3.8) is 0 Å². The van der Waals surface area contributed by atoms with E-state index in [4.69, 9.17) is 17.3 Å². The summed E-state index contributed by atoms with van der Waals surface area (Å²) in [5, 5.41) is 9.90. The molecular weight excluding hydrogens is 337 g/mol. The summed E-state index contributed by atoms with van der Waals surface area (Å²) in [5.41, 5.74) is 7.17. The van der Waals surface area contributed by atoms with Crippen molar-refractivity contribution in [3.8, 4) is 11.1 Å². The van der Waals surface area contributed by atoms with Gasteiger partial charge in [-0.2, -0.15) is 0 Å². The summed E-state index contributed by atoms with van der Waals surface area (Å²) < 4.78 is 17.9. The Bertz CT molecular complexity index is 928. The van der Waals surface area contributed by atoms with Crippen LogP contribution in [0, 0.1) is 12.7 Å². The third-order valence-electron chi connectivity index (χ3n) is 3.25. The fourth-order valence-electron chi connectivity index (χ4n) is 2.09. The van der Waals surface area contributed by atoms with E-state index in [1.165, 1.54) is 24.3 Å². The number of rotatable bonds is 3. The average Bonchev–Trinajstić information content (AvgIpc) is 2.96. The number of nitrogen functional groups attached to an aromatic ring is 1. The van der Waals surface area contributed by atoms with Crippen LogP contribution in [-0.2, 0) is 0 Å². The van der Waals surface area contributed by atoms with Gasteiger partial charge >= 0.3 is 0 Å². The van der Waals surface area contributed by atoms with Gasteiger partial charge in [0.2, 0.25) is 0 Å². The summed E-state index contributed by atoms with van der Waals surface area (Å²) in [6.07, 6.45) is 0. The number of halogens is 2. The van der Waals surface area contributed by atoms with Crippen molar-refractivity contribution in [2.24, 2.45) is 0 Å². The molecule has 0 radical (unpaired) electrons. The summed E-state index contributed by atoms with van der Waals surface area (Å²) in [4.78, 5) is 16.1. The highest BCUT2D eigenvalue weighted by molar-refractivity contribution is 6.33. The van der Waals surface area contributed by atoms with Crippen LogP contribution in [0.2, 0.25) is 5.02 Å². The molecule has 1 amide bonds. The fraction of sp³-hybridized carbons (Fsp3) is 0.0667. The molecule has 0 aliphatic rings. The largest absolute Gasteiger partial charge is 0.383 e. The van der Waals surface area contributed by atoms with Gasteiger partial charge in [-0.05, 0) is 42.4 Å². The maximum atomic E-state index is 13.4. The SMILES string of the molecule is Cc1nonc1C(=O)Nc1ccc(-c2cc(F)ccc2Cl)c(N)n1. The van der Waals surface area contributed by atoms with Crippen LogP contribution in [0.1, 0.15) is 16.2 Å². The van der Waals surface area contributed by atoms with Gasteiger partial charge in [0.1, 0.15) is 23.1 Å². The number of pyridine rings is 1. The molecular formula is C15H11ClFN5O2. The predicted octanol–water partition coefficient (Wildman–Crippen LogP) is 3.07. The molecule has 122 valence electrons. The zero-order chi connectivity index (χ0) is 17.3. The summed E-state index contributed by atoms with van der Waals surface area (Å²) in [7, 11) is 0. The van der Waals surface area contributed by atoms with Gasteiger partial charge in [0.05, 0.1) is 0 Å². The highest BCUT2D eigenvalue weighted by Gasteiger charge is 2.17. The Kier molecular flexibility index (Phi) is 4.13. The number of carbonyl (C=O) groups excluding carboxylic acids is 1. The quantitative estimate of drug-likeness (QED) is 0.754. The van der Waals surface area contributed by atoms with Crippen LogP contribution in [0.5, 0.6) is 0 Å². The lowest BCUT2D eigenvalue weighted by Crippen LogP contribution is -2.15. The predicted molar refractivity (Wildman–Crippen MR) is 86.0 cm³/mol. The third kappa shape index (κ3) is 3.04. The van der Waals surface area contributed by atoms with E-state index in [0.29, 0.717) is 21.8 Å². The van der Waals surface area contributed by atoms with Gasteiger partial charge in [-0.3, -0.25) is 4.79 Å². The topological polar surface area (TPSA) is 107 Å². The van der Waals surface area contributed by atoms with E-state index >= 15 is 0 Å². The summed E-state index contributed by atoms with van der Waals surface area (Å²) >= 11 is 6.07. The maximum absolute atomic E-state index is 13.4. The van der Waals surface area contributed by atoms with E-state index < -0.39 is 11.7 Å². The second-order valence-corrected chi connectivity index (χ2v) is 5.31. The molecule has 2 aromatic heterocycles. The van der Waals surface area contributed by atoms with Gasteiger partial charge < -0.3 is 11.1 Å². The van der Waals surface area contributed by atoms with Crippen molar-refractivity contribution >= 4 is 29.1 Å². The molecule has 3 rings (SSSR count). The molecule has 0 bridgehead atoms. The number of hydrogen-bond donors (Lipinski definition) is 2. The van der Waals surface area contributed by atoms with E-state index in [-0.39, 0.29) is 17.3 Å². The van der Waals surface area contributed by atoms with Crippen molar-refractivity contribution in [2.45, 2.75) is 6.92 Å². The Morgan fingerprint density at radius 2 is 2.04 bits per heavy atom. The lowest BCUT2D eigenvalue weighted by Gasteiger charge is -2.10. The molecule has 7 nitrogen and oxygen atoms in total. The van der Waals surface area contributed by atoms with Gasteiger partial charge in [-0.1, -0.05) is 16.8 Å². The van der Waals surface area contributed by atoms with Crippen LogP contribution in [0.25, 0.3) is 11.1 Å². The molecule has 3 aromatic rings. The smallest absolute Gasteiger partial charge is 0.281 e. The van der Waals surface area contributed by atoms with E-state index in [1.54, 1.807) is 13.0 Å². The molecule has 0 unspecified atom stereocenters. The average molecular weight is 348 g/mol. The number of anilines is 2. The number of carbonyl (C=O) groups is 1. The van der Waals surface area contributed by atoms with Crippen molar-refractivity contribution < 1.29 is 13.8 Å². The fourth-order valence-corrected chi connectivity index (χ4v) is 2.31. The monoisotopic (exact) mass is 347 g/mol. The zero-order valence-corrected chi connectivity index (χ0v) is 13.1. The molecule has 0 aliphatic carbocycles. The molecule has 0 fully saturated rings. The number of nitrogens with one attached hydrogen (secondary N) is 1. The second kappa shape index (κ2) is 6.25. The Labute approximate surface area is 140 Å². The minimum absolute atomic E-state index is 0.0487. The molecule has 1 aromatic carbocycles. The summed E-state index contributed by atoms with van der Waals surface area (Å²) in [6, 6.07) is 7.05. The molecule has 0 atom stereocenters. The van der Waals surface area contributed by atoms with Crippen LogP contribution in [0.3, 0.4) is 0 Å². The molecule has 0 saturated heterocycles. The number of benzene rings is 1. The minimum atomic E-state index is -0.530. The van der Waals surface area contributed by atoms with Gasteiger partial charge in [0.25, 0.3) is 5.91 Å².